The molecule has 0 heterocycles. The van der Waals surface area contributed by atoms with Crippen molar-refractivity contribution in [2.75, 3.05) is 0 Å². The third-order valence-corrected chi connectivity index (χ3v) is 3.32. The second-order valence-corrected chi connectivity index (χ2v) is 4.15. The molecule has 2 heteroatoms. The summed E-state index contributed by atoms with van der Waals surface area (Å²) in [7, 11) is 0. The highest BCUT2D eigenvalue weighted by molar-refractivity contribution is 5.66. The third kappa shape index (κ3) is 3.37. The van der Waals surface area contributed by atoms with E-state index >= 15 is 0 Å². The molecule has 1 N–H and O–H groups in total. The van der Waals surface area contributed by atoms with Crippen LogP contribution in [0, 0.1) is 11.8 Å². The molecular formula is C11H20O2. The lowest BCUT2D eigenvalue weighted by Gasteiger charge is -2.30. The number of carboxylic acids is 1. The van der Waals surface area contributed by atoms with E-state index in [-0.39, 0.29) is 0 Å². The molecule has 1 rings (SSSR count). The minimum Gasteiger partial charge on any atom is -0.481 e. The predicted octanol–water partition coefficient (Wildman–Crippen LogP) is 3.07. The van der Waals surface area contributed by atoms with Crippen molar-refractivity contribution in [3.63, 3.8) is 0 Å². The van der Waals surface area contributed by atoms with Gasteiger partial charge in [-0.25, -0.2) is 0 Å². The number of rotatable bonds is 4. The molecule has 2 atom stereocenters. The van der Waals surface area contributed by atoms with Gasteiger partial charge >= 0.3 is 5.97 Å². The number of aliphatic carboxylic acids is 1. The molecule has 0 aromatic rings. The molecule has 2 nitrogen and oxygen atoms in total. The first kappa shape index (κ1) is 10.6. The zero-order chi connectivity index (χ0) is 9.68. The number of carboxylic acid groups (broad SMARTS) is 1. The first-order valence-corrected chi connectivity index (χ1v) is 5.45. The van der Waals surface area contributed by atoms with Crippen molar-refractivity contribution >= 4 is 5.97 Å². The Morgan fingerprint density at radius 1 is 1.31 bits per heavy atom. The number of carbonyl (C=O) groups is 1. The Kier molecular flexibility index (Phi) is 4.26. The van der Waals surface area contributed by atoms with E-state index in [1.807, 2.05) is 0 Å². The van der Waals surface area contributed by atoms with Gasteiger partial charge in [0.15, 0.2) is 0 Å². The van der Waals surface area contributed by atoms with Crippen LogP contribution in [-0.4, -0.2) is 11.1 Å². The van der Waals surface area contributed by atoms with Gasteiger partial charge in [-0.15, -0.1) is 0 Å². The van der Waals surface area contributed by atoms with Crippen LogP contribution >= 0.6 is 0 Å². The predicted molar refractivity (Wildman–Crippen MR) is 52.6 cm³/mol. The minimum atomic E-state index is -0.638. The van der Waals surface area contributed by atoms with Crippen LogP contribution in [0.5, 0.6) is 0 Å². The highest BCUT2D eigenvalue weighted by atomic mass is 16.4. The van der Waals surface area contributed by atoms with E-state index in [1.165, 1.54) is 32.1 Å². The zero-order valence-corrected chi connectivity index (χ0v) is 8.46. The smallest absolute Gasteiger partial charge is 0.303 e. The molecule has 76 valence electrons. The SMILES string of the molecule is CCC1CCCCC1CCC(=O)O. The summed E-state index contributed by atoms with van der Waals surface area (Å²) in [4.78, 5) is 10.4. The molecule has 0 radical (unpaired) electrons. The Hall–Kier alpha value is -0.530. The molecule has 1 saturated carbocycles. The summed E-state index contributed by atoms with van der Waals surface area (Å²) >= 11 is 0. The van der Waals surface area contributed by atoms with E-state index in [1.54, 1.807) is 0 Å². The lowest BCUT2D eigenvalue weighted by molar-refractivity contribution is -0.137. The number of hydrogen-bond donors (Lipinski definition) is 1. The fourth-order valence-electron chi connectivity index (χ4n) is 2.51. The van der Waals surface area contributed by atoms with Crippen LogP contribution in [0.3, 0.4) is 0 Å². The molecule has 0 aromatic carbocycles. The molecule has 0 spiro atoms. The van der Waals surface area contributed by atoms with Crippen LogP contribution in [0.4, 0.5) is 0 Å². The van der Waals surface area contributed by atoms with Gasteiger partial charge in [0.05, 0.1) is 0 Å². The molecule has 0 amide bonds. The summed E-state index contributed by atoms with van der Waals surface area (Å²) in [5, 5.41) is 8.60. The summed E-state index contributed by atoms with van der Waals surface area (Å²) in [5.41, 5.74) is 0. The maximum Gasteiger partial charge on any atom is 0.303 e. The molecule has 0 saturated heterocycles. The molecule has 13 heavy (non-hydrogen) atoms. The topological polar surface area (TPSA) is 37.3 Å². The molecule has 0 bridgehead atoms. The quantitative estimate of drug-likeness (QED) is 0.729. The molecule has 1 aliphatic rings. The highest BCUT2D eigenvalue weighted by Crippen LogP contribution is 2.34. The molecule has 1 fully saturated rings. The lowest BCUT2D eigenvalue weighted by atomic mass is 9.76. The third-order valence-electron chi connectivity index (χ3n) is 3.32. The highest BCUT2D eigenvalue weighted by Gasteiger charge is 2.23. The Balaban J connectivity index is 2.31. The summed E-state index contributed by atoms with van der Waals surface area (Å²) in [6.07, 6.45) is 7.72. The summed E-state index contributed by atoms with van der Waals surface area (Å²) in [6.45, 7) is 2.23. The van der Waals surface area contributed by atoms with E-state index in [4.69, 9.17) is 5.11 Å². The van der Waals surface area contributed by atoms with Crippen LogP contribution in [0.15, 0.2) is 0 Å². The first-order chi connectivity index (χ1) is 6.24. The van der Waals surface area contributed by atoms with Crippen molar-refractivity contribution in [3.05, 3.63) is 0 Å². The van der Waals surface area contributed by atoms with Crippen LogP contribution in [-0.2, 0) is 4.79 Å². The van der Waals surface area contributed by atoms with Gasteiger partial charge in [-0.3, -0.25) is 4.79 Å². The Bertz CT molecular complexity index is 165. The standard InChI is InChI=1S/C11H20O2/c1-2-9-5-3-4-6-10(9)7-8-11(12)13/h9-10H,2-8H2,1H3,(H,12,13). The fourth-order valence-corrected chi connectivity index (χ4v) is 2.51. The van der Waals surface area contributed by atoms with E-state index in [0.29, 0.717) is 12.3 Å². The summed E-state index contributed by atoms with van der Waals surface area (Å²) in [5.74, 6) is 0.850. The molecule has 1 aliphatic carbocycles. The van der Waals surface area contributed by atoms with E-state index in [2.05, 4.69) is 6.92 Å². The lowest BCUT2D eigenvalue weighted by Crippen LogP contribution is -2.19. The van der Waals surface area contributed by atoms with Crippen LogP contribution in [0.1, 0.15) is 51.9 Å². The molecule has 0 aromatic heterocycles. The van der Waals surface area contributed by atoms with E-state index < -0.39 is 5.97 Å². The van der Waals surface area contributed by atoms with Crippen LogP contribution in [0.25, 0.3) is 0 Å². The second-order valence-electron chi connectivity index (χ2n) is 4.15. The van der Waals surface area contributed by atoms with Gasteiger partial charge in [0.1, 0.15) is 0 Å². The normalized spacial score (nSPS) is 28.7. The maximum absolute atomic E-state index is 10.4. The van der Waals surface area contributed by atoms with Gasteiger partial charge in [-0.1, -0.05) is 39.0 Å². The average Bonchev–Trinajstić information content (AvgIpc) is 2.15. The largest absolute Gasteiger partial charge is 0.481 e. The maximum atomic E-state index is 10.4. The van der Waals surface area contributed by atoms with Gasteiger partial charge in [-0.05, 0) is 18.3 Å². The zero-order valence-electron chi connectivity index (χ0n) is 8.46. The number of hydrogen-bond acceptors (Lipinski definition) is 1. The van der Waals surface area contributed by atoms with Crippen molar-refractivity contribution in [2.45, 2.75) is 51.9 Å². The van der Waals surface area contributed by atoms with Gasteiger partial charge in [0.25, 0.3) is 0 Å². The van der Waals surface area contributed by atoms with Crippen molar-refractivity contribution in [3.8, 4) is 0 Å². The Morgan fingerprint density at radius 3 is 2.46 bits per heavy atom. The van der Waals surface area contributed by atoms with Crippen molar-refractivity contribution < 1.29 is 9.90 Å². The van der Waals surface area contributed by atoms with Gasteiger partial charge < -0.3 is 5.11 Å². The summed E-state index contributed by atoms with van der Waals surface area (Å²) in [6, 6.07) is 0. The van der Waals surface area contributed by atoms with Crippen molar-refractivity contribution in [1.29, 1.82) is 0 Å². The Morgan fingerprint density at radius 2 is 1.92 bits per heavy atom. The molecule has 2 unspecified atom stereocenters. The minimum absolute atomic E-state index is 0.362. The fraction of sp³-hybridized carbons (Fsp3) is 0.909. The average molecular weight is 184 g/mol. The monoisotopic (exact) mass is 184 g/mol. The molecular weight excluding hydrogens is 164 g/mol. The van der Waals surface area contributed by atoms with Crippen molar-refractivity contribution in [1.82, 2.24) is 0 Å². The van der Waals surface area contributed by atoms with E-state index in [0.717, 1.165) is 12.3 Å². The Labute approximate surface area is 80.3 Å². The van der Waals surface area contributed by atoms with Gasteiger partial charge in [-0.2, -0.15) is 0 Å². The van der Waals surface area contributed by atoms with Crippen LogP contribution in [0.2, 0.25) is 0 Å². The van der Waals surface area contributed by atoms with Crippen LogP contribution < -0.4 is 0 Å². The van der Waals surface area contributed by atoms with Gasteiger partial charge in [0.2, 0.25) is 0 Å². The van der Waals surface area contributed by atoms with Gasteiger partial charge in [0, 0.05) is 6.42 Å². The van der Waals surface area contributed by atoms with E-state index in [9.17, 15) is 4.79 Å². The molecule has 0 aliphatic heterocycles. The summed E-state index contributed by atoms with van der Waals surface area (Å²) < 4.78 is 0. The van der Waals surface area contributed by atoms with Crippen molar-refractivity contribution in [2.24, 2.45) is 11.8 Å². The second kappa shape index (κ2) is 5.25. The first-order valence-electron chi connectivity index (χ1n) is 5.45.